The van der Waals surface area contributed by atoms with E-state index in [0.717, 1.165) is 24.5 Å². The molecule has 0 saturated carbocycles. The van der Waals surface area contributed by atoms with Gasteiger partial charge in [-0.15, -0.1) is 0 Å². The van der Waals surface area contributed by atoms with Crippen molar-refractivity contribution >= 4 is 69.4 Å². The van der Waals surface area contributed by atoms with E-state index >= 15 is 0 Å². The van der Waals surface area contributed by atoms with E-state index in [0.29, 0.717) is 10.0 Å². The first kappa shape index (κ1) is 17.3. The van der Waals surface area contributed by atoms with Gasteiger partial charge in [0.25, 0.3) is 0 Å². The van der Waals surface area contributed by atoms with Crippen LogP contribution in [0.4, 0.5) is 11.4 Å². The number of benzene rings is 2. The molecule has 2 aromatic rings. The van der Waals surface area contributed by atoms with Crippen molar-refractivity contribution in [2.45, 2.75) is 9.96 Å². The average Bonchev–Trinajstić information content (AvgIpc) is 2.93. The minimum absolute atomic E-state index is 0.438. The molecule has 0 N–H and O–H groups in total. The van der Waals surface area contributed by atoms with E-state index < -0.39 is 9.96 Å². The molecule has 0 radical (unpaired) electrons. The van der Waals surface area contributed by atoms with Gasteiger partial charge in [0.15, 0.2) is 6.17 Å². The molecule has 1 saturated heterocycles. The lowest BCUT2D eigenvalue weighted by Gasteiger charge is -2.37. The maximum atomic E-state index is 6.29. The smallest absolute Gasteiger partial charge is 0.228 e. The highest BCUT2D eigenvalue weighted by Gasteiger charge is 2.45. The minimum Gasteiger partial charge on any atom is -0.346 e. The van der Waals surface area contributed by atoms with Gasteiger partial charge in [-0.3, -0.25) is 0 Å². The van der Waals surface area contributed by atoms with E-state index in [4.69, 9.17) is 58.0 Å². The predicted molar refractivity (Wildman–Crippen MR) is 102 cm³/mol. The number of nitrogens with zero attached hydrogens (tertiary/aromatic N) is 2. The highest BCUT2D eigenvalue weighted by Crippen LogP contribution is 2.42. The molecule has 1 unspecified atom stereocenters. The Morgan fingerprint density at radius 2 is 1.39 bits per heavy atom. The first-order valence-electron chi connectivity index (χ1n) is 6.97. The zero-order chi connectivity index (χ0) is 16.6. The Balaban J connectivity index is 1.98. The van der Waals surface area contributed by atoms with Crippen LogP contribution in [0.15, 0.2) is 48.5 Å². The van der Waals surface area contributed by atoms with Gasteiger partial charge in [0.05, 0.1) is 0 Å². The number of rotatable bonds is 2. The lowest BCUT2D eigenvalue weighted by atomic mass is 10.2. The van der Waals surface area contributed by atoms with Crippen molar-refractivity contribution in [1.29, 1.82) is 0 Å². The van der Waals surface area contributed by atoms with Crippen LogP contribution in [0, 0.1) is 0 Å². The minimum atomic E-state index is -1.49. The predicted octanol–water partition coefficient (Wildman–Crippen LogP) is 6.02. The molecule has 1 fully saturated rings. The Morgan fingerprint density at radius 1 is 0.783 bits per heavy atom. The first-order valence-corrected chi connectivity index (χ1v) is 8.86. The van der Waals surface area contributed by atoms with Gasteiger partial charge in [0.2, 0.25) is 3.79 Å². The fourth-order valence-electron chi connectivity index (χ4n) is 2.81. The van der Waals surface area contributed by atoms with Gasteiger partial charge in [0, 0.05) is 34.5 Å². The lowest BCUT2D eigenvalue weighted by molar-refractivity contribution is 0.681. The zero-order valence-electron chi connectivity index (χ0n) is 11.9. The Hall–Kier alpha value is -0.510. The molecule has 1 heterocycles. The number of alkyl halides is 3. The van der Waals surface area contributed by atoms with Crippen molar-refractivity contribution in [2.75, 3.05) is 22.9 Å². The molecule has 23 heavy (non-hydrogen) atoms. The third kappa shape index (κ3) is 3.78. The van der Waals surface area contributed by atoms with E-state index in [1.165, 1.54) is 0 Å². The first-order chi connectivity index (χ1) is 10.9. The summed E-state index contributed by atoms with van der Waals surface area (Å²) in [6, 6.07) is 15.0. The maximum absolute atomic E-state index is 6.29. The van der Waals surface area contributed by atoms with Gasteiger partial charge in [-0.1, -0.05) is 64.1 Å². The van der Waals surface area contributed by atoms with Gasteiger partial charge in [0.1, 0.15) is 0 Å². The maximum Gasteiger partial charge on any atom is 0.228 e. The zero-order valence-corrected chi connectivity index (χ0v) is 15.7. The van der Waals surface area contributed by atoms with E-state index in [-0.39, 0.29) is 0 Å². The van der Waals surface area contributed by atoms with Crippen LogP contribution in [0.5, 0.6) is 0 Å². The van der Waals surface area contributed by atoms with E-state index in [1.54, 1.807) is 0 Å². The lowest BCUT2D eigenvalue weighted by Crippen LogP contribution is -2.48. The monoisotopic (exact) mass is 408 g/mol. The largest absolute Gasteiger partial charge is 0.346 e. The summed E-state index contributed by atoms with van der Waals surface area (Å²) in [6.45, 7) is 1.45. The van der Waals surface area contributed by atoms with Crippen LogP contribution in [-0.4, -0.2) is 23.0 Å². The van der Waals surface area contributed by atoms with Crippen LogP contribution >= 0.6 is 58.0 Å². The summed E-state index contributed by atoms with van der Waals surface area (Å²) in [7, 11) is 0. The van der Waals surface area contributed by atoms with Gasteiger partial charge < -0.3 is 9.80 Å². The Labute approximate surface area is 160 Å². The molecular weight excluding hydrogens is 397 g/mol. The Morgan fingerprint density at radius 3 is 1.96 bits per heavy atom. The molecule has 0 aromatic heterocycles. The summed E-state index contributed by atoms with van der Waals surface area (Å²) in [6.07, 6.45) is -0.438. The van der Waals surface area contributed by atoms with Crippen LogP contribution < -0.4 is 9.80 Å². The van der Waals surface area contributed by atoms with Gasteiger partial charge >= 0.3 is 0 Å². The summed E-state index contributed by atoms with van der Waals surface area (Å²) in [5.41, 5.74) is 1.88. The third-order valence-electron chi connectivity index (χ3n) is 3.76. The number of halogens is 5. The number of anilines is 2. The molecule has 1 atom stereocenters. The second kappa shape index (κ2) is 6.78. The average molecular weight is 411 g/mol. The van der Waals surface area contributed by atoms with Crippen molar-refractivity contribution in [3.63, 3.8) is 0 Å². The number of hydrogen-bond donors (Lipinski definition) is 0. The van der Waals surface area contributed by atoms with Crippen molar-refractivity contribution in [2.24, 2.45) is 0 Å². The van der Waals surface area contributed by atoms with Crippen LogP contribution in [0.2, 0.25) is 10.0 Å². The normalized spacial score (nSPS) is 18.6. The Bertz CT molecular complexity index is 684. The quantitative estimate of drug-likeness (QED) is 0.559. The topological polar surface area (TPSA) is 6.48 Å². The van der Waals surface area contributed by atoms with E-state index in [9.17, 15) is 0 Å². The molecule has 122 valence electrons. The molecule has 2 aromatic carbocycles. The van der Waals surface area contributed by atoms with Crippen LogP contribution in [-0.2, 0) is 0 Å². The molecule has 7 heteroatoms. The molecule has 0 spiro atoms. The van der Waals surface area contributed by atoms with Crippen molar-refractivity contribution < 1.29 is 0 Å². The highest BCUT2D eigenvalue weighted by molar-refractivity contribution is 6.68. The molecule has 2 nitrogen and oxygen atoms in total. The van der Waals surface area contributed by atoms with E-state index in [1.807, 2.05) is 53.4 Å². The SMILES string of the molecule is Clc1ccc(N2CCN(c3cccc(Cl)c3)C2C(Cl)(Cl)Cl)cc1. The van der Waals surface area contributed by atoms with Crippen molar-refractivity contribution in [3.05, 3.63) is 58.6 Å². The second-order valence-electron chi connectivity index (χ2n) is 5.26. The summed E-state index contributed by atoms with van der Waals surface area (Å²) in [5, 5.41) is 1.32. The fourth-order valence-corrected chi connectivity index (χ4v) is 3.83. The molecule has 0 bridgehead atoms. The third-order valence-corrected chi connectivity index (χ3v) is 4.84. The molecule has 3 rings (SSSR count). The fraction of sp³-hybridized carbons (Fsp3) is 0.250. The standard InChI is InChI=1S/C16H13Cl5N2/c17-11-4-6-13(7-5-11)22-8-9-23(15(22)16(19,20)21)14-3-1-2-12(18)10-14/h1-7,10,15H,8-9H2. The van der Waals surface area contributed by atoms with Gasteiger partial charge in [-0.05, 0) is 42.5 Å². The molecule has 1 aliphatic rings. The molecule has 0 aliphatic carbocycles. The molecule has 0 amide bonds. The Kier molecular flexibility index (Phi) is 5.10. The van der Waals surface area contributed by atoms with Crippen molar-refractivity contribution in [3.8, 4) is 0 Å². The van der Waals surface area contributed by atoms with Crippen LogP contribution in [0.3, 0.4) is 0 Å². The van der Waals surface area contributed by atoms with Crippen LogP contribution in [0.1, 0.15) is 0 Å². The molecular formula is C16H13Cl5N2. The second-order valence-corrected chi connectivity index (χ2v) is 8.50. The summed E-state index contributed by atoms with van der Waals surface area (Å²) >= 11 is 30.9. The summed E-state index contributed by atoms with van der Waals surface area (Å²) in [5.74, 6) is 0. The summed E-state index contributed by atoms with van der Waals surface area (Å²) in [4.78, 5) is 4.11. The van der Waals surface area contributed by atoms with Crippen LogP contribution in [0.25, 0.3) is 0 Å². The van der Waals surface area contributed by atoms with Gasteiger partial charge in [-0.2, -0.15) is 0 Å². The summed E-state index contributed by atoms with van der Waals surface area (Å²) < 4.78 is -1.49. The van der Waals surface area contributed by atoms with Gasteiger partial charge in [-0.25, -0.2) is 0 Å². The number of hydrogen-bond acceptors (Lipinski definition) is 2. The van der Waals surface area contributed by atoms with E-state index in [2.05, 4.69) is 4.90 Å². The molecule has 1 aliphatic heterocycles. The van der Waals surface area contributed by atoms with Crippen molar-refractivity contribution in [1.82, 2.24) is 0 Å². The highest BCUT2D eigenvalue weighted by atomic mass is 35.6.